The lowest BCUT2D eigenvalue weighted by Crippen LogP contribution is -2.20. The third kappa shape index (κ3) is 6.17. The number of benzene rings is 2. The normalized spacial score (nSPS) is 11.6. The second kappa shape index (κ2) is 10.7. The Hall–Kier alpha value is -1.03. The van der Waals surface area contributed by atoms with Crippen LogP contribution in [0.5, 0.6) is 5.75 Å². The molecule has 2 aromatic carbocycles. The third-order valence-electron chi connectivity index (χ3n) is 3.63. The van der Waals surface area contributed by atoms with Gasteiger partial charge in [0.15, 0.2) is 0 Å². The average Bonchev–Trinajstić information content (AvgIpc) is 2.55. The molecule has 0 aliphatic heterocycles. The van der Waals surface area contributed by atoms with Gasteiger partial charge in [-0.15, -0.1) is 12.4 Å². The minimum atomic E-state index is 0. The molecule has 23 heavy (non-hydrogen) atoms. The summed E-state index contributed by atoms with van der Waals surface area (Å²) in [7, 11) is 0. The van der Waals surface area contributed by atoms with Crippen molar-refractivity contribution in [3.63, 3.8) is 0 Å². The first kappa shape index (κ1) is 20.0. The number of rotatable bonds is 8. The lowest BCUT2D eigenvalue weighted by atomic mass is 10.0. The summed E-state index contributed by atoms with van der Waals surface area (Å²) < 4.78 is 6.57. The van der Waals surface area contributed by atoms with E-state index in [1.54, 1.807) is 0 Å². The Bertz CT molecular complexity index is 577. The van der Waals surface area contributed by atoms with E-state index < -0.39 is 0 Å². The van der Waals surface area contributed by atoms with E-state index in [9.17, 15) is 0 Å². The van der Waals surface area contributed by atoms with E-state index >= 15 is 0 Å². The standard InChI is InChI=1S/C19H24BrNO.ClH/c1-3-8-18(16-9-6-5-7-10-16)21-14-15-11-12-19(22-4-2)17(20)13-15;/h5-7,9-13,18,21H,3-4,8,14H2,1-2H3;1H. The number of hydrogen-bond acceptors (Lipinski definition) is 2. The van der Waals surface area contributed by atoms with E-state index in [1.807, 2.05) is 13.0 Å². The summed E-state index contributed by atoms with van der Waals surface area (Å²) in [4.78, 5) is 0. The van der Waals surface area contributed by atoms with Gasteiger partial charge in [-0.3, -0.25) is 0 Å². The van der Waals surface area contributed by atoms with E-state index in [0.717, 1.165) is 23.2 Å². The lowest BCUT2D eigenvalue weighted by molar-refractivity contribution is 0.338. The SMILES string of the molecule is CCCC(NCc1ccc(OCC)c(Br)c1)c1ccccc1.Cl. The molecule has 126 valence electrons. The van der Waals surface area contributed by atoms with Gasteiger partial charge in [-0.25, -0.2) is 0 Å². The fourth-order valence-corrected chi connectivity index (χ4v) is 3.07. The first-order valence-electron chi connectivity index (χ1n) is 7.94. The van der Waals surface area contributed by atoms with Crippen LogP contribution in [0.4, 0.5) is 0 Å². The Balaban J connectivity index is 0.00000264. The Kier molecular flexibility index (Phi) is 9.30. The summed E-state index contributed by atoms with van der Waals surface area (Å²) in [5.41, 5.74) is 2.61. The quantitative estimate of drug-likeness (QED) is 0.597. The van der Waals surface area contributed by atoms with Crippen LogP contribution in [0.1, 0.15) is 43.9 Å². The van der Waals surface area contributed by atoms with Crippen LogP contribution < -0.4 is 10.1 Å². The molecular weight excluding hydrogens is 374 g/mol. The first-order valence-corrected chi connectivity index (χ1v) is 8.73. The van der Waals surface area contributed by atoms with Crippen molar-refractivity contribution in [3.8, 4) is 5.75 Å². The molecule has 1 atom stereocenters. The molecule has 1 unspecified atom stereocenters. The minimum absolute atomic E-state index is 0. The van der Waals surface area contributed by atoms with E-state index in [0.29, 0.717) is 12.6 Å². The Morgan fingerprint density at radius 3 is 2.43 bits per heavy atom. The molecule has 0 aliphatic carbocycles. The summed E-state index contributed by atoms with van der Waals surface area (Å²) in [6, 6.07) is 17.3. The molecule has 0 bridgehead atoms. The Morgan fingerprint density at radius 2 is 1.83 bits per heavy atom. The third-order valence-corrected chi connectivity index (χ3v) is 4.25. The monoisotopic (exact) mass is 397 g/mol. The van der Waals surface area contributed by atoms with Crippen LogP contribution >= 0.6 is 28.3 Å². The van der Waals surface area contributed by atoms with Gasteiger partial charge in [0.05, 0.1) is 11.1 Å². The molecule has 0 fully saturated rings. The molecule has 2 nitrogen and oxygen atoms in total. The Labute approximate surface area is 154 Å². The van der Waals surface area contributed by atoms with Crippen molar-refractivity contribution in [2.24, 2.45) is 0 Å². The number of ether oxygens (including phenoxy) is 1. The minimum Gasteiger partial charge on any atom is -0.493 e. The topological polar surface area (TPSA) is 21.3 Å². The second-order valence-corrected chi connectivity index (χ2v) is 6.18. The lowest BCUT2D eigenvalue weighted by Gasteiger charge is -2.19. The summed E-state index contributed by atoms with van der Waals surface area (Å²) >= 11 is 3.58. The highest BCUT2D eigenvalue weighted by atomic mass is 79.9. The highest BCUT2D eigenvalue weighted by Crippen LogP contribution is 2.26. The molecule has 0 aromatic heterocycles. The van der Waals surface area contributed by atoms with Gasteiger partial charge in [0.2, 0.25) is 0 Å². The van der Waals surface area contributed by atoms with E-state index in [1.165, 1.54) is 17.5 Å². The van der Waals surface area contributed by atoms with Crippen LogP contribution in [-0.2, 0) is 6.54 Å². The van der Waals surface area contributed by atoms with E-state index in [4.69, 9.17) is 4.74 Å². The second-order valence-electron chi connectivity index (χ2n) is 5.33. The molecular formula is C19H25BrClNO. The first-order chi connectivity index (χ1) is 10.7. The maximum atomic E-state index is 5.56. The largest absolute Gasteiger partial charge is 0.493 e. The van der Waals surface area contributed by atoms with Crippen LogP contribution in [0, 0.1) is 0 Å². The predicted octanol–water partition coefficient (Wildman–Crippen LogP) is 5.90. The number of halogens is 2. The van der Waals surface area contributed by atoms with Crippen molar-refractivity contribution < 1.29 is 4.74 Å². The van der Waals surface area contributed by atoms with Gasteiger partial charge in [0.1, 0.15) is 5.75 Å². The van der Waals surface area contributed by atoms with Crippen LogP contribution in [-0.4, -0.2) is 6.61 Å². The van der Waals surface area contributed by atoms with Crippen molar-refractivity contribution in [3.05, 3.63) is 64.1 Å². The molecule has 0 aliphatic rings. The maximum Gasteiger partial charge on any atom is 0.133 e. The summed E-state index contributed by atoms with van der Waals surface area (Å²) in [5.74, 6) is 0.902. The van der Waals surface area contributed by atoms with Crippen molar-refractivity contribution in [1.82, 2.24) is 5.32 Å². The average molecular weight is 399 g/mol. The van der Waals surface area contributed by atoms with Gasteiger partial charge < -0.3 is 10.1 Å². The van der Waals surface area contributed by atoms with E-state index in [-0.39, 0.29) is 12.4 Å². The van der Waals surface area contributed by atoms with Crippen molar-refractivity contribution >= 4 is 28.3 Å². The Morgan fingerprint density at radius 1 is 1.09 bits per heavy atom. The zero-order chi connectivity index (χ0) is 15.8. The summed E-state index contributed by atoms with van der Waals surface area (Å²) in [6.45, 7) is 5.76. The van der Waals surface area contributed by atoms with Crippen LogP contribution in [0.25, 0.3) is 0 Å². The van der Waals surface area contributed by atoms with Gasteiger partial charge in [-0.1, -0.05) is 49.7 Å². The molecule has 4 heteroatoms. The van der Waals surface area contributed by atoms with Crippen molar-refractivity contribution in [2.45, 2.75) is 39.3 Å². The van der Waals surface area contributed by atoms with Gasteiger partial charge >= 0.3 is 0 Å². The van der Waals surface area contributed by atoms with Gasteiger partial charge in [-0.05, 0) is 52.5 Å². The van der Waals surface area contributed by atoms with Gasteiger partial charge in [0, 0.05) is 12.6 Å². The molecule has 0 saturated heterocycles. The molecule has 0 saturated carbocycles. The maximum absolute atomic E-state index is 5.56. The molecule has 1 N–H and O–H groups in total. The molecule has 2 aromatic rings. The van der Waals surface area contributed by atoms with Crippen molar-refractivity contribution in [2.75, 3.05) is 6.61 Å². The van der Waals surface area contributed by atoms with Crippen LogP contribution in [0.15, 0.2) is 53.0 Å². The predicted molar refractivity (Wildman–Crippen MR) is 103 cm³/mol. The molecule has 0 radical (unpaired) electrons. The highest BCUT2D eigenvalue weighted by molar-refractivity contribution is 9.10. The smallest absolute Gasteiger partial charge is 0.133 e. The summed E-state index contributed by atoms with van der Waals surface area (Å²) in [5, 5.41) is 3.67. The highest BCUT2D eigenvalue weighted by Gasteiger charge is 2.10. The van der Waals surface area contributed by atoms with E-state index in [2.05, 4.69) is 70.6 Å². The molecule has 0 heterocycles. The zero-order valence-electron chi connectivity index (χ0n) is 13.7. The van der Waals surface area contributed by atoms with Gasteiger partial charge in [0.25, 0.3) is 0 Å². The van der Waals surface area contributed by atoms with Gasteiger partial charge in [-0.2, -0.15) is 0 Å². The molecule has 0 amide bonds. The molecule has 2 rings (SSSR count). The van der Waals surface area contributed by atoms with Crippen molar-refractivity contribution in [1.29, 1.82) is 0 Å². The number of hydrogen-bond donors (Lipinski definition) is 1. The zero-order valence-corrected chi connectivity index (χ0v) is 16.1. The van der Waals surface area contributed by atoms with Crippen LogP contribution in [0.2, 0.25) is 0 Å². The fraction of sp³-hybridized carbons (Fsp3) is 0.368. The van der Waals surface area contributed by atoms with Crippen LogP contribution in [0.3, 0.4) is 0 Å². The number of nitrogens with one attached hydrogen (secondary N) is 1. The summed E-state index contributed by atoms with van der Waals surface area (Å²) in [6.07, 6.45) is 2.31. The molecule has 0 spiro atoms. The fourth-order valence-electron chi connectivity index (χ4n) is 2.53.